The van der Waals surface area contributed by atoms with Crippen LogP contribution in [0.15, 0.2) is 9.59 Å². The average Bonchev–Trinajstić information content (AvgIpc) is 2.30. The number of aliphatic hydroxyl groups excluding tert-OH is 1. The molecule has 0 aliphatic rings. The first-order chi connectivity index (χ1) is 5.16. The molecule has 3 N–H and O–H groups in total. The van der Waals surface area contributed by atoms with Gasteiger partial charge in [0.2, 0.25) is 0 Å². The summed E-state index contributed by atoms with van der Waals surface area (Å²) in [5.41, 5.74) is -1.06. The van der Waals surface area contributed by atoms with E-state index in [4.69, 9.17) is 5.11 Å². The molecule has 1 rings (SSSR count). The summed E-state index contributed by atoms with van der Waals surface area (Å²) in [6, 6.07) is -0.488. The normalized spacial score (nSPS) is 13.3. The Bertz CT molecular complexity index is 306. The lowest BCUT2D eigenvalue weighted by atomic mass is 10.4. The van der Waals surface area contributed by atoms with Crippen LogP contribution in [0, 0.1) is 0 Å². The summed E-state index contributed by atoms with van der Waals surface area (Å²) in [6.45, 7) is 1.34. The maximum Gasteiger partial charge on any atom is 0.344 e. The molecule has 0 aromatic carbocycles. The number of hydrogen-bond donors (Lipinski definition) is 3. The second kappa shape index (κ2) is 2.75. The van der Waals surface area contributed by atoms with Crippen LogP contribution in [0.1, 0.15) is 13.0 Å². The van der Waals surface area contributed by atoms with Gasteiger partial charge in [0.15, 0.2) is 0 Å². The molecule has 1 aromatic heterocycles. The molecule has 1 atom stereocenters. The minimum Gasteiger partial charge on any atom is -0.394 e. The molecule has 0 aliphatic heterocycles. The van der Waals surface area contributed by atoms with Gasteiger partial charge in [-0.3, -0.25) is 0 Å². The average molecular weight is 159 g/mol. The van der Waals surface area contributed by atoms with Gasteiger partial charge in [0.05, 0.1) is 12.6 Å². The molecule has 6 nitrogen and oxygen atoms in total. The maximum atomic E-state index is 10.8. The third kappa shape index (κ3) is 1.25. The van der Waals surface area contributed by atoms with Gasteiger partial charge in [-0.15, -0.1) is 0 Å². The van der Waals surface area contributed by atoms with E-state index >= 15 is 0 Å². The van der Waals surface area contributed by atoms with Gasteiger partial charge in [-0.25, -0.2) is 24.4 Å². The fourth-order valence-corrected chi connectivity index (χ4v) is 0.802. The number of aromatic nitrogens is 3. The molecule has 11 heavy (non-hydrogen) atoms. The van der Waals surface area contributed by atoms with Crippen molar-refractivity contribution in [2.75, 3.05) is 6.61 Å². The van der Waals surface area contributed by atoms with Crippen LogP contribution in [-0.2, 0) is 0 Å². The molecule has 0 radical (unpaired) electrons. The highest BCUT2D eigenvalue weighted by atomic mass is 16.3. The summed E-state index contributed by atoms with van der Waals surface area (Å²) in [5.74, 6) is 0. The predicted octanol–water partition coefficient (Wildman–Crippen LogP) is -1.58. The van der Waals surface area contributed by atoms with Crippen molar-refractivity contribution < 1.29 is 5.11 Å². The van der Waals surface area contributed by atoms with Crippen molar-refractivity contribution in [3.05, 3.63) is 21.0 Å². The SMILES string of the molecule is C[C@H](CO)n1c(=O)[nH][nH]c1=O. The van der Waals surface area contributed by atoms with Gasteiger partial charge in [-0.05, 0) is 6.92 Å². The van der Waals surface area contributed by atoms with Crippen LogP contribution in [-0.4, -0.2) is 26.5 Å². The van der Waals surface area contributed by atoms with Crippen LogP contribution < -0.4 is 11.4 Å². The van der Waals surface area contributed by atoms with E-state index in [0.29, 0.717) is 0 Å². The highest BCUT2D eigenvalue weighted by Crippen LogP contribution is 1.92. The van der Waals surface area contributed by atoms with Crippen LogP contribution in [0.3, 0.4) is 0 Å². The number of H-pyrrole nitrogens is 2. The van der Waals surface area contributed by atoms with Gasteiger partial charge in [0, 0.05) is 0 Å². The third-order valence-electron chi connectivity index (χ3n) is 1.42. The molecular weight excluding hydrogens is 150 g/mol. The molecule has 1 heterocycles. The van der Waals surface area contributed by atoms with E-state index in [-0.39, 0.29) is 6.61 Å². The van der Waals surface area contributed by atoms with Gasteiger partial charge in [0.25, 0.3) is 0 Å². The number of nitrogens with zero attached hydrogens (tertiary/aromatic N) is 1. The molecule has 1 aromatic rings. The Labute approximate surface area is 61.5 Å². The summed E-state index contributed by atoms with van der Waals surface area (Å²) < 4.78 is 0.917. The fourth-order valence-electron chi connectivity index (χ4n) is 0.802. The number of hydrogen-bond acceptors (Lipinski definition) is 3. The molecule has 0 bridgehead atoms. The van der Waals surface area contributed by atoms with Crippen LogP contribution in [0.5, 0.6) is 0 Å². The van der Waals surface area contributed by atoms with Gasteiger partial charge in [0.1, 0.15) is 0 Å². The lowest BCUT2D eigenvalue weighted by Crippen LogP contribution is -2.31. The zero-order chi connectivity index (χ0) is 8.43. The molecule has 0 spiro atoms. The first-order valence-electron chi connectivity index (χ1n) is 3.17. The van der Waals surface area contributed by atoms with E-state index in [1.807, 2.05) is 0 Å². The Morgan fingerprint density at radius 3 is 2.27 bits per heavy atom. The number of aromatic amines is 2. The van der Waals surface area contributed by atoms with Crippen molar-refractivity contribution in [1.82, 2.24) is 14.8 Å². The number of nitrogens with one attached hydrogen (secondary N) is 2. The van der Waals surface area contributed by atoms with E-state index in [1.54, 1.807) is 6.92 Å². The van der Waals surface area contributed by atoms with Crippen molar-refractivity contribution >= 4 is 0 Å². The molecular formula is C5H9N3O3. The Kier molecular flexibility index (Phi) is 1.95. The monoisotopic (exact) mass is 159 g/mol. The van der Waals surface area contributed by atoms with Gasteiger partial charge >= 0.3 is 11.4 Å². The zero-order valence-corrected chi connectivity index (χ0v) is 6.00. The zero-order valence-electron chi connectivity index (χ0n) is 6.00. The highest BCUT2D eigenvalue weighted by molar-refractivity contribution is 4.71. The van der Waals surface area contributed by atoms with Crippen LogP contribution >= 0.6 is 0 Å². The molecule has 0 unspecified atom stereocenters. The molecule has 0 amide bonds. The maximum absolute atomic E-state index is 10.8. The second-order valence-electron chi connectivity index (χ2n) is 2.26. The number of aliphatic hydroxyl groups is 1. The summed E-state index contributed by atoms with van der Waals surface area (Å²) in [5, 5.41) is 12.9. The summed E-state index contributed by atoms with van der Waals surface area (Å²) >= 11 is 0. The quantitative estimate of drug-likeness (QED) is 0.486. The van der Waals surface area contributed by atoms with Crippen LogP contribution in [0.25, 0.3) is 0 Å². The van der Waals surface area contributed by atoms with Gasteiger partial charge in [-0.2, -0.15) is 0 Å². The largest absolute Gasteiger partial charge is 0.394 e. The fraction of sp³-hybridized carbons (Fsp3) is 0.600. The first kappa shape index (κ1) is 7.80. The molecule has 0 aliphatic carbocycles. The molecule has 62 valence electrons. The second-order valence-corrected chi connectivity index (χ2v) is 2.26. The van der Waals surface area contributed by atoms with E-state index in [0.717, 1.165) is 4.57 Å². The molecule has 0 saturated heterocycles. The van der Waals surface area contributed by atoms with E-state index in [9.17, 15) is 9.59 Å². The van der Waals surface area contributed by atoms with Crippen molar-refractivity contribution in [2.24, 2.45) is 0 Å². The minimum absolute atomic E-state index is 0.235. The minimum atomic E-state index is -0.531. The van der Waals surface area contributed by atoms with Crippen LogP contribution in [0.4, 0.5) is 0 Å². The van der Waals surface area contributed by atoms with E-state index < -0.39 is 17.4 Å². The Balaban J connectivity index is 3.21. The van der Waals surface area contributed by atoms with Crippen molar-refractivity contribution in [2.45, 2.75) is 13.0 Å². The molecule has 6 heteroatoms. The number of rotatable bonds is 2. The van der Waals surface area contributed by atoms with Crippen molar-refractivity contribution in [3.8, 4) is 0 Å². The van der Waals surface area contributed by atoms with Crippen molar-refractivity contribution in [1.29, 1.82) is 0 Å². The predicted molar refractivity (Wildman–Crippen MR) is 37.5 cm³/mol. The van der Waals surface area contributed by atoms with Gasteiger partial charge in [-0.1, -0.05) is 0 Å². The lowest BCUT2D eigenvalue weighted by Gasteiger charge is -2.04. The van der Waals surface area contributed by atoms with Crippen LogP contribution in [0.2, 0.25) is 0 Å². The third-order valence-corrected chi connectivity index (χ3v) is 1.42. The smallest absolute Gasteiger partial charge is 0.344 e. The highest BCUT2D eigenvalue weighted by Gasteiger charge is 2.09. The standard InChI is InChI=1S/C5H9N3O3/c1-3(2-9)8-4(10)6-7-5(8)11/h3,9H,2H2,1H3,(H,6,10)(H,7,11)/t3-/m1/s1. The lowest BCUT2D eigenvalue weighted by molar-refractivity contribution is 0.234. The Morgan fingerprint density at radius 2 is 1.91 bits per heavy atom. The van der Waals surface area contributed by atoms with E-state index in [1.165, 1.54) is 0 Å². The summed E-state index contributed by atoms with van der Waals surface area (Å²) in [7, 11) is 0. The topological polar surface area (TPSA) is 90.9 Å². The Morgan fingerprint density at radius 1 is 1.45 bits per heavy atom. The first-order valence-corrected chi connectivity index (χ1v) is 3.17. The molecule has 0 fully saturated rings. The van der Waals surface area contributed by atoms with E-state index in [2.05, 4.69) is 10.2 Å². The van der Waals surface area contributed by atoms with Gasteiger partial charge < -0.3 is 5.11 Å². The molecule has 0 saturated carbocycles. The summed E-state index contributed by atoms with van der Waals surface area (Å²) in [4.78, 5) is 21.6. The van der Waals surface area contributed by atoms with Crippen molar-refractivity contribution in [3.63, 3.8) is 0 Å². The summed E-state index contributed by atoms with van der Waals surface area (Å²) in [6.07, 6.45) is 0. The Hall–Kier alpha value is -1.30.